The molecule has 0 unspecified atom stereocenters. The van der Waals surface area contributed by atoms with Gasteiger partial charge in [0.05, 0.1) is 16.5 Å². The van der Waals surface area contributed by atoms with Crippen LogP contribution in [0, 0.1) is 13.8 Å². The highest BCUT2D eigenvalue weighted by atomic mass is 35.5. The lowest BCUT2D eigenvalue weighted by molar-refractivity contribution is -0.113. The molecule has 0 saturated carbocycles. The Morgan fingerprint density at radius 3 is 2.57 bits per heavy atom. The second-order valence-electron chi connectivity index (χ2n) is 6.61. The predicted molar refractivity (Wildman–Crippen MR) is 122 cm³/mol. The monoisotopic (exact) mass is 464 g/mol. The number of hydrogen-bond acceptors (Lipinski definition) is 5. The molecule has 0 spiro atoms. The van der Waals surface area contributed by atoms with Crippen LogP contribution in [0.5, 0.6) is 5.75 Å². The first-order valence-electron chi connectivity index (χ1n) is 9.37. The van der Waals surface area contributed by atoms with Crippen molar-refractivity contribution >= 4 is 46.6 Å². The van der Waals surface area contributed by atoms with Crippen molar-refractivity contribution in [1.82, 2.24) is 14.8 Å². The first kappa shape index (κ1) is 22.5. The van der Waals surface area contributed by atoms with Crippen LogP contribution in [0.1, 0.15) is 23.9 Å². The maximum absolute atomic E-state index is 12.3. The van der Waals surface area contributed by atoms with Crippen molar-refractivity contribution in [2.75, 3.05) is 11.1 Å². The van der Waals surface area contributed by atoms with Crippen molar-refractivity contribution < 1.29 is 9.53 Å². The summed E-state index contributed by atoms with van der Waals surface area (Å²) in [6, 6.07) is 11.0. The van der Waals surface area contributed by atoms with Gasteiger partial charge in [0.1, 0.15) is 12.4 Å². The molecule has 6 nitrogen and oxygen atoms in total. The molecule has 0 bridgehead atoms. The SMILES string of the molecule is CCn1c(COc2c(C)cccc2C)nnc1SCC(=O)Nc1ccc(Cl)cc1Cl. The van der Waals surface area contributed by atoms with Crippen LogP contribution in [0.2, 0.25) is 10.0 Å². The first-order chi connectivity index (χ1) is 14.4. The van der Waals surface area contributed by atoms with E-state index >= 15 is 0 Å². The summed E-state index contributed by atoms with van der Waals surface area (Å²) in [5.74, 6) is 1.55. The molecule has 158 valence electrons. The smallest absolute Gasteiger partial charge is 0.234 e. The summed E-state index contributed by atoms with van der Waals surface area (Å²) in [7, 11) is 0. The Balaban J connectivity index is 1.62. The molecule has 30 heavy (non-hydrogen) atoms. The van der Waals surface area contributed by atoms with E-state index in [-0.39, 0.29) is 11.7 Å². The van der Waals surface area contributed by atoms with E-state index in [0.29, 0.717) is 39.9 Å². The van der Waals surface area contributed by atoms with Gasteiger partial charge < -0.3 is 14.6 Å². The number of anilines is 1. The Morgan fingerprint density at radius 2 is 1.90 bits per heavy atom. The first-order valence-corrected chi connectivity index (χ1v) is 11.1. The second kappa shape index (κ2) is 10.2. The van der Waals surface area contributed by atoms with Gasteiger partial charge in [-0.05, 0) is 50.1 Å². The van der Waals surface area contributed by atoms with Crippen LogP contribution in [0.25, 0.3) is 0 Å². The van der Waals surface area contributed by atoms with Crippen molar-refractivity contribution in [3.63, 3.8) is 0 Å². The predicted octanol–water partition coefficient (Wildman–Crippen LogP) is 5.53. The molecule has 3 rings (SSSR count). The Morgan fingerprint density at radius 1 is 1.17 bits per heavy atom. The highest BCUT2D eigenvalue weighted by molar-refractivity contribution is 7.99. The molecule has 9 heteroatoms. The molecule has 0 radical (unpaired) electrons. The zero-order valence-electron chi connectivity index (χ0n) is 16.9. The number of aromatic nitrogens is 3. The number of para-hydroxylation sites is 1. The van der Waals surface area contributed by atoms with Crippen molar-refractivity contribution in [1.29, 1.82) is 0 Å². The van der Waals surface area contributed by atoms with Gasteiger partial charge in [-0.15, -0.1) is 10.2 Å². The van der Waals surface area contributed by atoms with E-state index in [1.165, 1.54) is 11.8 Å². The molecule has 0 atom stereocenters. The summed E-state index contributed by atoms with van der Waals surface area (Å²) in [4.78, 5) is 12.3. The van der Waals surface area contributed by atoms with E-state index in [9.17, 15) is 4.79 Å². The fourth-order valence-corrected chi connectivity index (χ4v) is 4.20. The van der Waals surface area contributed by atoms with Crippen LogP contribution in [0.4, 0.5) is 5.69 Å². The Kier molecular flexibility index (Phi) is 7.64. The fourth-order valence-electron chi connectivity index (χ4n) is 2.92. The van der Waals surface area contributed by atoms with Crippen molar-refractivity contribution in [2.45, 2.75) is 39.1 Å². The van der Waals surface area contributed by atoms with Crippen LogP contribution in [-0.2, 0) is 17.9 Å². The number of halogens is 2. The van der Waals surface area contributed by atoms with Crippen LogP contribution in [0.3, 0.4) is 0 Å². The van der Waals surface area contributed by atoms with Crippen LogP contribution in [-0.4, -0.2) is 26.4 Å². The molecule has 0 aliphatic carbocycles. The summed E-state index contributed by atoms with van der Waals surface area (Å²) in [5, 5.41) is 12.8. The van der Waals surface area contributed by atoms with Crippen LogP contribution < -0.4 is 10.1 Å². The third kappa shape index (κ3) is 5.47. The number of hydrogen-bond donors (Lipinski definition) is 1. The third-order valence-corrected chi connectivity index (χ3v) is 5.92. The van der Waals surface area contributed by atoms with Gasteiger partial charge in [-0.25, -0.2) is 0 Å². The van der Waals surface area contributed by atoms with Crippen molar-refractivity contribution in [3.8, 4) is 5.75 Å². The molecule has 0 aliphatic heterocycles. The minimum Gasteiger partial charge on any atom is -0.485 e. The number of ether oxygens (including phenoxy) is 1. The van der Waals surface area contributed by atoms with Gasteiger partial charge in [-0.2, -0.15) is 0 Å². The zero-order valence-corrected chi connectivity index (χ0v) is 19.2. The lowest BCUT2D eigenvalue weighted by Crippen LogP contribution is -2.15. The highest BCUT2D eigenvalue weighted by Gasteiger charge is 2.15. The number of carbonyl (C=O) groups is 1. The van der Waals surface area contributed by atoms with Gasteiger partial charge in [0.2, 0.25) is 5.91 Å². The lowest BCUT2D eigenvalue weighted by atomic mass is 10.1. The summed E-state index contributed by atoms with van der Waals surface area (Å²) in [6.45, 7) is 7.01. The third-order valence-electron chi connectivity index (χ3n) is 4.40. The van der Waals surface area contributed by atoms with Gasteiger partial charge in [0.15, 0.2) is 11.0 Å². The summed E-state index contributed by atoms with van der Waals surface area (Å²) < 4.78 is 7.94. The normalized spacial score (nSPS) is 10.8. The molecule has 3 aromatic rings. The second-order valence-corrected chi connectivity index (χ2v) is 8.40. The summed E-state index contributed by atoms with van der Waals surface area (Å²) >= 11 is 13.3. The fraction of sp³-hybridized carbons (Fsp3) is 0.286. The number of rotatable bonds is 8. The molecular formula is C21H22Cl2N4O2S. The molecule has 0 saturated heterocycles. The number of carbonyl (C=O) groups excluding carboxylic acids is 1. The largest absolute Gasteiger partial charge is 0.485 e. The molecule has 1 amide bonds. The standard InChI is InChI=1S/C21H22Cl2N4O2S/c1-4-27-18(11-29-20-13(2)6-5-7-14(20)3)25-26-21(27)30-12-19(28)24-17-9-8-15(22)10-16(17)23/h5-10H,4,11-12H2,1-3H3,(H,24,28). The molecule has 1 heterocycles. The van der Waals surface area contributed by atoms with Crippen molar-refractivity contribution in [3.05, 3.63) is 63.4 Å². The minimum atomic E-state index is -0.191. The van der Waals surface area contributed by atoms with Gasteiger partial charge in [-0.3, -0.25) is 4.79 Å². The average molecular weight is 465 g/mol. The number of benzene rings is 2. The number of aryl methyl sites for hydroxylation is 2. The van der Waals surface area contributed by atoms with Gasteiger partial charge in [0, 0.05) is 11.6 Å². The maximum Gasteiger partial charge on any atom is 0.234 e. The van der Waals surface area contributed by atoms with Crippen LogP contribution >= 0.6 is 35.0 Å². The van der Waals surface area contributed by atoms with E-state index < -0.39 is 0 Å². The number of thioether (sulfide) groups is 1. The summed E-state index contributed by atoms with van der Waals surface area (Å²) in [6.07, 6.45) is 0. The van der Waals surface area contributed by atoms with E-state index in [1.807, 2.05) is 43.5 Å². The quantitative estimate of drug-likeness (QED) is 0.443. The molecule has 0 aliphatic rings. The molecule has 2 aromatic carbocycles. The van der Waals surface area contributed by atoms with E-state index in [1.54, 1.807) is 18.2 Å². The number of nitrogens with zero attached hydrogens (tertiary/aromatic N) is 3. The average Bonchev–Trinajstić information content (AvgIpc) is 3.10. The van der Waals surface area contributed by atoms with Gasteiger partial charge in [0.25, 0.3) is 0 Å². The highest BCUT2D eigenvalue weighted by Crippen LogP contribution is 2.27. The van der Waals surface area contributed by atoms with E-state index in [2.05, 4.69) is 15.5 Å². The molecule has 0 fully saturated rings. The van der Waals surface area contributed by atoms with Gasteiger partial charge in [-0.1, -0.05) is 53.2 Å². The molecule has 1 N–H and O–H groups in total. The zero-order chi connectivity index (χ0) is 21.7. The lowest BCUT2D eigenvalue weighted by Gasteiger charge is -2.12. The van der Waals surface area contributed by atoms with Gasteiger partial charge >= 0.3 is 0 Å². The summed E-state index contributed by atoms with van der Waals surface area (Å²) in [5.41, 5.74) is 2.67. The molecule has 1 aromatic heterocycles. The Hall–Kier alpha value is -2.22. The number of nitrogens with one attached hydrogen (secondary N) is 1. The van der Waals surface area contributed by atoms with Crippen molar-refractivity contribution in [2.24, 2.45) is 0 Å². The Labute approximate surface area is 189 Å². The van der Waals surface area contributed by atoms with E-state index in [0.717, 1.165) is 16.9 Å². The topological polar surface area (TPSA) is 69.0 Å². The molecular weight excluding hydrogens is 443 g/mol. The Bertz CT molecular complexity index is 1040. The maximum atomic E-state index is 12.3. The van der Waals surface area contributed by atoms with Crippen LogP contribution in [0.15, 0.2) is 41.6 Å². The van der Waals surface area contributed by atoms with E-state index in [4.69, 9.17) is 27.9 Å². The minimum absolute atomic E-state index is 0.175. The number of amides is 1.